The van der Waals surface area contributed by atoms with Crippen molar-refractivity contribution in [3.63, 3.8) is 0 Å². The second kappa shape index (κ2) is 6.29. The molecule has 0 saturated heterocycles. The van der Waals surface area contributed by atoms with Crippen LogP contribution in [0.15, 0.2) is 40.9 Å². The number of alkyl halides is 3. The van der Waals surface area contributed by atoms with Gasteiger partial charge in [-0.2, -0.15) is 0 Å². The molecule has 1 aliphatic heterocycles. The van der Waals surface area contributed by atoms with E-state index in [2.05, 4.69) is 20.7 Å². The molecule has 1 heterocycles. The van der Waals surface area contributed by atoms with Crippen LogP contribution in [0.1, 0.15) is 27.6 Å². The quantitative estimate of drug-likeness (QED) is 0.618. The minimum Gasteiger partial charge on any atom is -0.454 e. The Hall–Kier alpha value is -1.73. The van der Waals surface area contributed by atoms with E-state index in [9.17, 15) is 18.0 Å². The van der Waals surface area contributed by atoms with E-state index in [0.29, 0.717) is 11.1 Å². The molecule has 0 fully saturated rings. The molecule has 3 rings (SSSR count). The van der Waals surface area contributed by atoms with Gasteiger partial charge in [0.2, 0.25) is 0 Å². The van der Waals surface area contributed by atoms with Crippen LogP contribution in [0.25, 0.3) is 0 Å². The smallest absolute Gasteiger partial charge is 0.454 e. The van der Waals surface area contributed by atoms with Gasteiger partial charge in [0.1, 0.15) is 11.9 Å². The first-order valence-electron chi connectivity index (χ1n) is 6.77. The maximum atomic E-state index is 12.2. The van der Waals surface area contributed by atoms with Gasteiger partial charge in [-0.3, -0.25) is 0 Å². The first-order chi connectivity index (χ1) is 11.2. The van der Waals surface area contributed by atoms with E-state index in [-0.39, 0.29) is 11.4 Å². The highest BCUT2D eigenvalue weighted by atomic mass is 79.9. The lowest BCUT2D eigenvalue weighted by atomic mass is 9.99. The number of carbonyl (C=O) groups is 1. The van der Waals surface area contributed by atoms with Crippen molar-refractivity contribution in [2.75, 3.05) is 0 Å². The summed E-state index contributed by atoms with van der Waals surface area (Å²) in [7, 11) is 0. The first-order valence-corrected chi connectivity index (χ1v) is 7.94. The van der Waals surface area contributed by atoms with Gasteiger partial charge in [-0.25, -0.2) is 4.79 Å². The molecule has 0 spiro atoms. The third kappa shape index (κ3) is 3.67. The number of halogens is 5. The zero-order chi connectivity index (χ0) is 17.5. The Morgan fingerprint density at radius 1 is 1.21 bits per heavy atom. The second-order valence-corrected chi connectivity index (χ2v) is 6.45. The maximum absolute atomic E-state index is 12.2. The van der Waals surface area contributed by atoms with Crippen molar-refractivity contribution in [2.24, 2.45) is 0 Å². The first kappa shape index (κ1) is 17.1. The molecule has 2 aromatic rings. The summed E-state index contributed by atoms with van der Waals surface area (Å²) in [5.41, 5.74) is 1.73. The van der Waals surface area contributed by atoms with Crippen LogP contribution in [0.3, 0.4) is 0 Å². The summed E-state index contributed by atoms with van der Waals surface area (Å²) in [5, 5.41) is 0.110. The molecule has 24 heavy (non-hydrogen) atoms. The molecule has 0 amide bonds. The van der Waals surface area contributed by atoms with E-state index in [0.717, 1.165) is 16.1 Å². The molecule has 0 radical (unpaired) electrons. The van der Waals surface area contributed by atoms with E-state index in [1.165, 1.54) is 12.1 Å². The predicted molar refractivity (Wildman–Crippen MR) is 84.1 cm³/mol. The number of fused-ring (bicyclic) bond motifs is 1. The zero-order valence-electron chi connectivity index (χ0n) is 11.9. The minimum atomic E-state index is -4.78. The van der Waals surface area contributed by atoms with Crippen molar-refractivity contribution in [3.8, 4) is 5.75 Å². The van der Waals surface area contributed by atoms with Crippen LogP contribution in [-0.2, 0) is 11.2 Å². The van der Waals surface area contributed by atoms with Crippen LogP contribution >= 0.6 is 27.5 Å². The fourth-order valence-electron chi connectivity index (χ4n) is 2.48. The summed E-state index contributed by atoms with van der Waals surface area (Å²) in [6.45, 7) is 0. The van der Waals surface area contributed by atoms with Gasteiger partial charge < -0.3 is 9.47 Å². The predicted octanol–water partition coefficient (Wildman–Crippen LogP) is 5.46. The Labute approximate surface area is 148 Å². The molecule has 0 aliphatic carbocycles. The summed E-state index contributed by atoms with van der Waals surface area (Å²) >= 11 is 9.32. The number of rotatable bonds is 3. The Balaban J connectivity index is 1.82. The second-order valence-electron chi connectivity index (χ2n) is 5.13. The van der Waals surface area contributed by atoms with E-state index in [1.54, 1.807) is 18.2 Å². The molecular formula is C16H9BrClF3O3. The molecule has 0 saturated carbocycles. The highest BCUT2D eigenvalue weighted by molar-refractivity contribution is 9.10. The van der Waals surface area contributed by atoms with Gasteiger partial charge >= 0.3 is 12.3 Å². The van der Waals surface area contributed by atoms with Gasteiger partial charge in [0, 0.05) is 21.5 Å². The summed E-state index contributed by atoms with van der Waals surface area (Å²) in [6, 6.07) is 8.91. The highest BCUT2D eigenvalue weighted by Crippen LogP contribution is 2.37. The topological polar surface area (TPSA) is 35.5 Å². The van der Waals surface area contributed by atoms with Crippen molar-refractivity contribution in [1.29, 1.82) is 0 Å². The van der Waals surface area contributed by atoms with Crippen molar-refractivity contribution in [2.45, 2.75) is 18.9 Å². The minimum absolute atomic E-state index is 0.110. The molecule has 1 atom stereocenters. The molecule has 3 nitrogen and oxygen atoms in total. The van der Waals surface area contributed by atoms with Crippen molar-refractivity contribution in [3.05, 3.63) is 62.6 Å². The number of cyclic esters (lactones) is 1. The Morgan fingerprint density at radius 2 is 1.96 bits per heavy atom. The fourth-order valence-corrected chi connectivity index (χ4v) is 3.09. The molecule has 1 unspecified atom stereocenters. The fraction of sp³-hybridized carbons (Fsp3) is 0.188. The molecular weight excluding hydrogens is 413 g/mol. The Kier molecular flexibility index (Phi) is 4.48. The Morgan fingerprint density at radius 3 is 2.62 bits per heavy atom. The number of ether oxygens (including phenoxy) is 2. The lowest BCUT2D eigenvalue weighted by Gasteiger charge is -2.14. The third-order valence-electron chi connectivity index (χ3n) is 3.49. The van der Waals surface area contributed by atoms with Crippen LogP contribution in [0, 0.1) is 0 Å². The molecule has 2 aromatic carbocycles. The summed E-state index contributed by atoms with van der Waals surface area (Å²) in [5.74, 6) is -0.839. The summed E-state index contributed by atoms with van der Waals surface area (Å²) in [6.07, 6.45) is -5.06. The maximum Gasteiger partial charge on any atom is 0.573 e. The van der Waals surface area contributed by atoms with Gasteiger partial charge in [-0.1, -0.05) is 39.7 Å². The molecule has 126 valence electrons. The van der Waals surface area contributed by atoms with E-state index < -0.39 is 24.2 Å². The standard InChI is InChI=1S/C16H9BrClF3O3/c17-9-2-4-11-12(6-9)15(22)23-14(11)5-8-1-3-10(7-13(8)18)24-16(19,20)21/h1-4,6-7,14H,5H2. The van der Waals surface area contributed by atoms with Crippen molar-refractivity contribution >= 4 is 33.5 Å². The van der Waals surface area contributed by atoms with Crippen LogP contribution in [0.5, 0.6) is 5.75 Å². The molecule has 0 N–H and O–H groups in total. The van der Waals surface area contributed by atoms with Crippen LogP contribution in [0.2, 0.25) is 5.02 Å². The number of esters is 1. The number of carbonyl (C=O) groups excluding carboxylic acids is 1. The highest BCUT2D eigenvalue weighted by Gasteiger charge is 2.33. The van der Waals surface area contributed by atoms with Gasteiger partial charge in [0.05, 0.1) is 5.56 Å². The van der Waals surface area contributed by atoms with E-state index in [1.807, 2.05) is 0 Å². The Bertz CT molecular complexity index is 808. The lowest BCUT2D eigenvalue weighted by molar-refractivity contribution is -0.274. The zero-order valence-corrected chi connectivity index (χ0v) is 14.2. The average Bonchev–Trinajstić information content (AvgIpc) is 2.76. The van der Waals surface area contributed by atoms with E-state index >= 15 is 0 Å². The molecule has 0 aromatic heterocycles. The normalized spacial score (nSPS) is 16.7. The van der Waals surface area contributed by atoms with Crippen LogP contribution in [0.4, 0.5) is 13.2 Å². The van der Waals surface area contributed by atoms with Gasteiger partial charge in [-0.05, 0) is 29.8 Å². The number of hydrogen-bond acceptors (Lipinski definition) is 3. The van der Waals surface area contributed by atoms with Crippen molar-refractivity contribution in [1.82, 2.24) is 0 Å². The monoisotopic (exact) mass is 420 g/mol. The van der Waals surface area contributed by atoms with Gasteiger partial charge in [-0.15, -0.1) is 13.2 Å². The molecule has 0 bridgehead atoms. The van der Waals surface area contributed by atoms with E-state index in [4.69, 9.17) is 16.3 Å². The summed E-state index contributed by atoms with van der Waals surface area (Å²) in [4.78, 5) is 11.9. The van der Waals surface area contributed by atoms with Crippen molar-refractivity contribution < 1.29 is 27.4 Å². The SMILES string of the molecule is O=C1OC(Cc2ccc(OC(F)(F)F)cc2Cl)c2ccc(Br)cc21. The third-order valence-corrected chi connectivity index (χ3v) is 4.34. The van der Waals surface area contributed by atoms with Crippen LogP contribution in [-0.4, -0.2) is 12.3 Å². The van der Waals surface area contributed by atoms with Crippen LogP contribution < -0.4 is 4.74 Å². The lowest BCUT2D eigenvalue weighted by Crippen LogP contribution is -2.17. The largest absolute Gasteiger partial charge is 0.573 e. The number of benzene rings is 2. The number of hydrogen-bond donors (Lipinski definition) is 0. The average molecular weight is 422 g/mol. The van der Waals surface area contributed by atoms with Gasteiger partial charge in [0.25, 0.3) is 0 Å². The summed E-state index contributed by atoms with van der Waals surface area (Å²) < 4.78 is 46.5. The molecule has 8 heteroatoms. The van der Waals surface area contributed by atoms with Gasteiger partial charge in [0.15, 0.2) is 0 Å². The molecule has 1 aliphatic rings.